The fraction of sp³-hybridized carbons (Fsp3) is 0.462. The Kier molecular flexibility index (Phi) is 4.74. The molecule has 1 atom stereocenters. The molecule has 1 rings (SSSR count). The Hall–Kier alpha value is -1.09. The molecular formula is C13H19NOS. The predicted octanol–water partition coefficient (Wildman–Crippen LogP) is 2.86. The fourth-order valence-electron chi connectivity index (χ4n) is 1.82. The first-order chi connectivity index (χ1) is 7.52. The second kappa shape index (κ2) is 5.85. The van der Waals surface area contributed by atoms with E-state index in [2.05, 4.69) is 26.0 Å². The second-order valence-corrected chi connectivity index (χ2v) is 4.80. The maximum atomic E-state index is 5.54. The van der Waals surface area contributed by atoms with Crippen LogP contribution in [0.5, 0.6) is 5.75 Å². The normalized spacial score (nSPS) is 12.2. The molecule has 0 heterocycles. The number of nitrogens with two attached hydrogens (primary N) is 1. The summed E-state index contributed by atoms with van der Waals surface area (Å²) in [6.45, 7) is 4.27. The summed E-state index contributed by atoms with van der Waals surface area (Å²) in [5.41, 5.74) is 8.14. The van der Waals surface area contributed by atoms with Gasteiger partial charge in [-0.25, -0.2) is 0 Å². The molecular weight excluding hydrogens is 218 g/mol. The van der Waals surface area contributed by atoms with Crippen LogP contribution in [0, 0.1) is 12.8 Å². The summed E-state index contributed by atoms with van der Waals surface area (Å²) < 4.78 is 5.18. The van der Waals surface area contributed by atoms with Crippen molar-refractivity contribution in [2.75, 3.05) is 7.11 Å². The Morgan fingerprint density at radius 2 is 2.19 bits per heavy atom. The van der Waals surface area contributed by atoms with Gasteiger partial charge >= 0.3 is 0 Å². The molecule has 0 aromatic heterocycles. The van der Waals surface area contributed by atoms with Gasteiger partial charge in [0, 0.05) is 6.42 Å². The van der Waals surface area contributed by atoms with E-state index in [0.717, 1.165) is 18.6 Å². The SMILES string of the molecule is COc1ccc(CC(C)CC(N)=S)c(C)c1. The van der Waals surface area contributed by atoms with Crippen molar-refractivity contribution < 1.29 is 4.74 Å². The average molecular weight is 237 g/mol. The lowest BCUT2D eigenvalue weighted by atomic mass is 9.95. The summed E-state index contributed by atoms with van der Waals surface area (Å²) in [6.07, 6.45) is 1.81. The first kappa shape index (κ1) is 13.0. The number of ether oxygens (including phenoxy) is 1. The van der Waals surface area contributed by atoms with Crippen LogP contribution in [-0.4, -0.2) is 12.1 Å². The van der Waals surface area contributed by atoms with Crippen molar-refractivity contribution >= 4 is 17.2 Å². The quantitative estimate of drug-likeness (QED) is 0.800. The van der Waals surface area contributed by atoms with Crippen molar-refractivity contribution in [2.24, 2.45) is 11.7 Å². The molecule has 0 spiro atoms. The Morgan fingerprint density at radius 1 is 1.50 bits per heavy atom. The zero-order valence-corrected chi connectivity index (χ0v) is 10.9. The van der Waals surface area contributed by atoms with E-state index in [1.807, 2.05) is 6.07 Å². The van der Waals surface area contributed by atoms with Crippen LogP contribution in [0.15, 0.2) is 18.2 Å². The minimum atomic E-state index is 0.490. The molecule has 1 aromatic rings. The fourth-order valence-corrected chi connectivity index (χ4v) is 2.10. The maximum Gasteiger partial charge on any atom is 0.119 e. The van der Waals surface area contributed by atoms with Gasteiger partial charge in [0.1, 0.15) is 5.75 Å². The Balaban J connectivity index is 2.70. The zero-order chi connectivity index (χ0) is 12.1. The standard InChI is InChI=1S/C13H19NOS/c1-9(7-13(14)16)6-11-4-5-12(15-3)8-10(11)2/h4-5,8-9H,6-7H2,1-3H3,(H2,14,16). The molecule has 88 valence electrons. The molecule has 0 saturated heterocycles. The van der Waals surface area contributed by atoms with Gasteiger partial charge in [-0.2, -0.15) is 0 Å². The summed E-state index contributed by atoms with van der Waals surface area (Å²) in [5.74, 6) is 1.40. The van der Waals surface area contributed by atoms with Gasteiger partial charge in [-0.3, -0.25) is 0 Å². The Labute approximate surface area is 103 Å². The van der Waals surface area contributed by atoms with Crippen molar-refractivity contribution in [3.8, 4) is 5.75 Å². The molecule has 0 fully saturated rings. The van der Waals surface area contributed by atoms with E-state index in [1.54, 1.807) is 7.11 Å². The van der Waals surface area contributed by atoms with E-state index in [-0.39, 0.29) is 0 Å². The van der Waals surface area contributed by atoms with Crippen LogP contribution in [0.3, 0.4) is 0 Å². The van der Waals surface area contributed by atoms with Gasteiger partial charge in [-0.15, -0.1) is 0 Å². The van der Waals surface area contributed by atoms with E-state index in [9.17, 15) is 0 Å². The maximum absolute atomic E-state index is 5.54. The molecule has 1 aromatic carbocycles. The number of methoxy groups -OCH3 is 1. The van der Waals surface area contributed by atoms with Gasteiger partial charge in [-0.05, 0) is 42.5 Å². The van der Waals surface area contributed by atoms with E-state index < -0.39 is 0 Å². The molecule has 16 heavy (non-hydrogen) atoms. The number of aryl methyl sites for hydroxylation is 1. The number of benzene rings is 1. The van der Waals surface area contributed by atoms with Crippen LogP contribution in [0.1, 0.15) is 24.5 Å². The topological polar surface area (TPSA) is 35.2 Å². The van der Waals surface area contributed by atoms with Gasteiger partial charge in [-0.1, -0.05) is 25.2 Å². The largest absolute Gasteiger partial charge is 0.497 e. The first-order valence-electron chi connectivity index (χ1n) is 5.44. The predicted molar refractivity (Wildman–Crippen MR) is 72.0 cm³/mol. The van der Waals surface area contributed by atoms with Crippen LogP contribution >= 0.6 is 12.2 Å². The van der Waals surface area contributed by atoms with Crippen molar-refractivity contribution in [1.82, 2.24) is 0 Å². The Morgan fingerprint density at radius 3 is 2.69 bits per heavy atom. The highest BCUT2D eigenvalue weighted by Crippen LogP contribution is 2.20. The molecule has 0 amide bonds. The molecule has 3 heteroatoms. The van der Waals surface area contributed by atoms with Gasteiger partial charge in [0.25, 0.3) is 0 Å². The van der Waals surface area contributed by atoms with Crippen LogP contribution in [0.2, 0.25) is 0 Å². The average Bonchev–Trinajstić information content (AvgIpc) is 2.19. The van der Waals surface area contributed by atoms with E-state index in [4.69, 9.17) is 22.7 Å². The minimum Gasteiger partial charge on any atom is -0.497 e. The van der Waals surface area contributed by atoms with Crippen molar-refractivity contribution in [2.45, 2.75) is 26.7 Å². The summed E-state index contributed by atoms with van der Waals surface area (Å²) in [6, 6.07) is 6.17. The molecule has 2 nitrogen and oxygen atoms in total. The summed E-state index contributed by atoms with van der Waals surface area (Å²) in [4.78, 5) is 0.596. The van der Waals surface area contributed by atoms with Gasteiger partial charge in [0.15, 0.2) is 0 Å². The highest BCUT2D eigenvalue weighted by atomic mass is 32.1. The van der Waals surface area contributed by atoms with Crippen molar-refractivity contribution in [3.05, 3.63) is 29.3 Å². The minimum absolute atomic E-state index is 0.490. The number of rotatable bonds is 5. The molecule has 0 aliphatic rings. The second-order valence-electron chi connectivity index (χ2n) is 4.27. The highest BCUT2D eigenvalue weighted by molar-refractivity contribution is 7.80. The van der Waals surface area contributed by atoms with E-state index >= 15 is 0 Å². The Bertz CT molecular complexity index is 376. The molecule has 0 bridgehead atoms. The van der Waals surface area contributed by atoms with Gasteiger partial charge in [0.2, 0.25) is 0 Å². The summed E-state index contributed by atoms with van der Waals surface area (Å²) in [5, 5.41) is 0. The summed E-state index contributed by atoms with van der Waals surface area (Å²) in [7, 11) is 1.68. The van der Waals surface area contributed by atoms with Crippen molar-refractivity contribution in [3.63, 3.8) is 0 Å². The van der Waals surface area contributed by atoms with Crippen molar-refractivity contribution in [1.29, 1.82) is 0 Å². The smallest absolute Gasteiger partial charge is 0.119 e. The number of hydrogen-bond acceptors (Lipinski definition) is 2. The number of thiocarbonyl (C=S) groups is 1. The van der Waals surface area contributed by atoms with Crippen LogP contribution in [-0.2, 0) is 6.42 Å². The molecule has 1 unspecified atom stereocenters. The third-order valence-electron chi connectivity index (χ3n) is 2.67. The molecule has 0 saturated carbocycles. The van der Waals surface area contributed by atoms with Crippen LogP contribution in [0.25, 0.3) is 0 Å². The molecule has 2 N–H and O–H groups in total. The lowest BCUT2D eigenvalue weighted by Gasteiger charge is -2.13. The molecule has 0 aliphatic heterocycles. The van der Waals surface area contributed by atoms with E-state index in [0.29, 0.717) is 10.9 Å². The first-order valence-corrected chi connectivity index (χ1v) is 5.85. The molecule has 0 aliphatic carbocycles. The van der Waals surface area contributed by atoms with Crippen LogP contribution in [0.4, 0.5) is 0 Å². The zero-order valence-electron chi connectivity index (χ0n) is 10.1. The monoisotopic (exact) mass is 237 g/mol. The third-order valence-corrected chi connectivity index (χ3v) is 2.83. The van der Waals surface area contributed by atoms with Gasteiger partial charge < -0.3 is 10.5 Å². The summed E-state index contributed by atoms with van der Waals surface area (Å²) >= 11 is 4.92. The van der Waals surface area contributed by atoms with Gasteiger partial charge in [0.05, 0.1) is 12.1 Å². The number of hydrogen-bond donors (Lipinski definition) is 1. The van der Waals surface area contributed by atoms with Crippen LogP contribution < -0.4 is 10.5 Å². The molecule has 0 radical (unpaired) electrons. The lowest BCUT2D eigenvalue weighted by molar-refractivity contribution is 0.414. The highest BCUT2D eigenvalue weighted by Gasteiger charge is 2.07. The lowest BCUT2D eigenvalue weighted by Crippen LogP contribution is -2.14. The third kappa shape index (κ3) is 3.81. The van der Waals surface area contributed by atoms with E-state index in [1.165, 1.54) is 11.1 Å².